The van der Waals surface area contributed by atoms with E-state index in [1.165, 1.54) is 81.2 Å². The van der Waals surface area contributed by atoms with Gasteiger partial charge >= 0.3 is 0 Å². The molecule has 0 atom stereocenters. The lowest BCUT2D eigenvalue weighted by Gasteiger charge is -2.29. The molecule has 246 valence electrons. The van der Waals surface area contributed by atoms with Gasteiger partial charge in [-0.1, -0.05) is 179 Å². The summed E-state index contributed by atoms with van der Waals surface area (Å²) in [4.78, 5) is 2.64. The zero-order valence-electron chi connectivity index (χ0n) is 28.8. The molecule has 0 unspecified atom stereocenters. The number of nitrogens with zero attached hydrogens (tertiary/aromatic N) is 1. The molecule has 11 rings (SSSR count). The highest BCUT2D eigenvalue weighted by atomic mass is 32.2. The van der Waals surface area contributed by atoms with E-state index >= 15 is 0 Å². The lowest BCUT2D eigenvalue weighted by molar-refractivity contribution is 0.487. The van der Waals surface area contributed by atoms with E-state index < -0.39 is 0 Å². The number of rotatable bonds is 4. The van der Waals surface area contributed by atoms with Crippen LogP contribution in [0.1, 0.15) is 0 Å². The number of hydrogen-bond acceptors (Lipinski definition) is 2. The summed E-state index contributed by atoms with van der Waals surface area (Å²) in [6.07, 6.45) is 0. The Morgan fingerprint density at radius 1 is 0.396 bits per heavy atom. The Balaban J connectivity index is 1.21. The van der Waals surface area contributed by atoms with Gasteiger partial charge in [0.25, 0.3) is 6.71 Å². The number of fused-ring (bicyclic) bond motifs is 7. The highest BCUT2D eigenvalue weighted by Crippen LogP contribution is 2.37. The first-order chi connectivity index (χ1) is 26.3. The average Bonchev–Trinajstić information content (AvgIpc) is 3.56. The molecule has 1 aromatic heterocycles. The molecule has 9 aromatic rings. The monoisotopic (exact) mass is 691 g/mol. The van der Waals surface area contributed by atoms with Gasteiger partial charge < -0.3 is 9.30 Å². The third kappa shape index (κ3) is 4.77. The molecule has 0 fully saturated rings. The molecule has 3 heterocycles. The summed E-state index contributed by atoms with van der Waals surface area (Å²) in [6.45, 7) is 0.112. The van der Waals surface area contributed by atoms with Crippen molar-refractivity contribution in [2.24, 2.45) is 0 Å². The lowest BCUT2D eigenvalue weighted by Crippen LogP contribution is -2.55. The van der Waals surface area contributed by atoms with Crippen LogP contribution in [-0.2, 0) is 0 Å². The SMILES string of the molecule is c1ccc2c(c1)Oc1ccccc1B2c1ccccc1-c1ccc(B2c3ccccc3Sc3ccccc32)cc1-n1c2ccccc2c2ccccc21. The second kappa shape index (κ2) is 12.2. The highest BCUT2D eigenvalue weighted by Gasteiger charge is 2.35. The van der Waals surface area contributed by atoms with E-state index in [2.05, 4.69) is 193 Å². The molecule has 0 bridgehead atoms. The van der Waals surface area contributed by atoms with Crippen molar-refractivity contribution in [1.29, 1.82) is 0 Å². The molecular formula is C48H31B2NOS. The van der Waals surface area contributed by atoms with Crippen LogP contribution in [0.15, 0.2) is 198 Å². The van der Waals surface area contributed by atoms with E-state index in [0.717, 1.165) is 11.5 Å². The molecule has 0 spiro atoms. The van der Waals surface area contributed by atoms with Crippen LogP contribution in [0.4, 0.5) is 0 Å². The molecular weight excluding hydrogens is 660 g/mol. The topological polar surface area (TPSA) is 14.2 Å². The van der Waals surface area contributed by atoms with Crippen LogP contribution in [0.5, 0.6) is 11.5 Å². The fourth-order valence-corrected chi connectivity index (χ4v) is 9.97. The maximum atomic E-state index is 6.49. The predicted molar refractivity (Wildman–Crippen MR) is 225 cm³/mol. The molecule has 0 aliphatic carbocycles. The van der Waals surface area contributed by atoms with Gasteiger partial charge in [0.15, 0.2) is 0 Å². The van der Waals surface area contributed by atoms with Crippen molar-refractivity contribution >= 4 is 79.8 Å². The van der Waals surface area contributed by atoms with E-state index in [9.17, 15) is 0 Å². The zero-order valence-corrected chi connectivity index (χ0v) is 29.6. The van der Waals surface area contributed by atoms with E-state index in [1.807, 2.05) is 11.8 Å². The maximum Gasteiger partial charge on any atom is 0.251 e. The van der Waals surface area contributed by atoms with Crippen LogP contribution in [0, 0.1) is 0 Å². The predicted octanol–water partition coefficient (Wildman–Crippen LogP) is 8.05. The molecule has 0 saturated carbocycles. The standard InChI is InChI=1S/C48H31B2NOS/c1-4-18-37(50-38-19-5-11-25-45(38)52-46-26-12-6-20-39(46)50)33(15-1)36-30-29-32(49-40-21-7-13-27-47(40)53-48-28-14-8-22-41(48)49)31-44(36)51-42-23-9-2-16-34(42)35-17-3-10-24-43(35)51/h1-31H. The molecule has 0 saturated heterocycles. The Kier molecular flexibility index (Phi) is 7.03. The fourth-order valence-electron chi connectivity index (χ4n) is 8.83. The summed E-state index contributed by atoms with van der Waals surface area (Å²) in [7, 11) is 0. The van der Waals surface area contributed by atoms with Crippen molar-refractivity contribution in [1.82, 2.24) is 4.57 Å². The molecule has 2 aliphatic heterocycles. The molecule has 2 nitrogen and oxygen atoms in total. The largest absolute Gasteiger partial charge is 0.458 e. The molecule has 53 heavy (non-hydrogen) atoms. The summed E-state index contributed by atoms with van der Waals surface area (Å²) in [5.74, 6) is 1.83. The Labute approximate surface area is 313 Å². The first-order valence-electron chi connectivity index (χ1n) is 18.2. The van der Waals surface area contributed by atoms with Crippen LogP contribution in [0.3, 0.4) is 0 Å². The number of ether oxygens (including phenoxy) is 1. The molecule has 8 aromatic carbocycles. The first kappa shape index (κ1) is 30.5. The molecule has 2 aliphatic rings. The van der Waals surface area contributed by atoms with Crippen LogP contribution in [-0.4, -0.2) is 18.0 Å². The smallest absolute Gasteiger partial charge is 0.251 e. The quantitative estimate of drug-likeness (QED) is 0.174. The minimum absolute atomic E-state index is 0.00662. The Bertz CT molecular complexity index is 2750. The molecule has 0 N–H and O–H groups in total. The normalized spacial score (nSPS) is 12.9. The zero-order chi connectivity index (χ0) is 34.9. The second-order valence-corrected chi connectivity index (χ2v) is 15.0. The van der Waals surface area contributed by atoms with Crippen molar-refractivity contribution in [3.63, 3.8) is 0 Å². The molecule has 0 radical (unpaired) electrons. The number of para-hydroxylation sites is 4. The first-order valence-corrected chi connectivity index (χ1v) is 19.1. The summed E-state index contributed by atoms with van der Waals surface area (Å²) in [5.41, 5.74) is 13.6. The van der Waals surface area contributed by atoms with Gasteiger partial charge in [-0.15, -0.1) is 0 Å². The van der Waals surface area contributed by atoms with Gasteiger partial charge in [0.1, 0.15) is 11.5 Å². The van der Waals surface area contributed by atoms with Crippen molar-refractivity contribution in [2.45, 2.75) is 9.79 Å². The summed E-state index contributed by atoms with van der Waals surface area (Å²) < 4.78 is 8.99. The Morgan fingerprint density at radius 2 is 0.887 bits per heavy atom. The van der Waals surface area contributed by atoms with Crippen molar-refractivity contribution < 1.29 is 4.74 Å². The Morgan fingerprint density at radius 3 is 1.51 bits per heavy atom. The minimum atomic E-state index is 0.00662. The van der Waals surface area contributed by atoms with Gasteiger partial charge in [0.2, 0.25) is 6.71 Å². The third-order valence-electron chi connectivity index (χ3n) is 11.1. The van der Waals surface area contributed by atoms with Crippen LogP contribution in [0.25, 0.3) is 38.6 Å². The van der Waals surface area contributed by atoms with E-state index in [1.54, 1.807) is 0 Å². The van der Waals surface area contributed by atoms with Crippen molar-refractivity contribution in [2.75, 3.05) is 0 Å². The van der Waals surface area contributed by atoms with Crippen molar-refractivity contribution in [3.8, 4) is 28.3 Å². The van der Waals surface area contributed by atoms with Gasteiger partial charge in [0.05, 0.1) is 16.7 Å². The van der Waals surface area contributed by atoms with Crippen LogP contribution >= 0.6 is 11.8 Å². The van der Waals surface area contributed by atoms with Gasteiger partial charge in [-0.2, -0.15) is 0 Å². The van der Waals surface area contributed by atoms with Crippen molar-refractivity contribution in [3.05, 3.63) is 188 Å². The fraction of sp³-hybridized carbons (Fsp3) is 0. The number of hydrogen-bond donors (Lipinski definition) is 0. The highest BCUT2D eigenvalue weighted by molar-refractivity contribution is 8.00. The van der Waals surface area contributed by atoms with Crippen LogP contribution < -0.4 is 37.5 Å². The molecule has 0 amide bonds. The summed E-state index contributed by atoms with van der Waals surface area (Å²) >= 11 is 1.88. The average molecular weight is 691 g/mol. The minimum Gasteiger partial charge on any atom is -0.458 e. The van der Waals surface area contributed by atoms with E-state index in [-0.39, 0.29) is 13.4 Å². The second-order valence-electron chi connectivity index (χ2n) is 14.0. The van der Waals surface area contributed by atoms with Gasteiger partial charge in [-0.3, -0.25) is 0 Å². The number of benzene rings is 8. The lowest BCUT2D eigenvalue weighted by atomic mass is 9.35. The number of aromatic nitrogens is 1. The Hall–Kier alpha value is -6.16. The van der Waals surface area contributed by atoms with Gasteiger partial charge in [-0.05, 0) is 59.0 Å². The van der Waals surface area contributed by atoms with Gasteiger partial charge in [0, 0.05) is 26.1 Å². The third-order valence-corrected chi connectivity index (χ3v) is 12.3. The van der Waals surface area contributed by atoms with E-state index in [0.29, 0.717) is 0 Å². The van der Waals surface area contributed by atoms with Crippen LogP contribution in [0.2, 0.25) is 0 Å². The van der Waals surface area contributed by atoms with E-state index in [4.69, 9.17) is 4.74 Å². The maximum absolute atomic E-state index is 6.49. The molecule has 5 heteroatoms. The summed E-state index contributed by atoms with van der Waals surface area (Å²) in [5, 5.41) is 2.51. The summed E-state index contributed by atoms with van der Waals surface area (Å²) in [6, 6.07) is 68.8. The van der Waals surface area contributed by atoms with Gasteiger partial charge in [-0.25, -0.2) is 0 Å².